The first-order valence-electron chi connectivity index (χ1n) is 12.6. The largest absolute Gasteiger partial charge is 0.454 e. The Kier molecular flexibility index (Phi) is 8.85. The Morgan fingerprint density at radius 1 is 0.895 bits per heavy atom. The molecule has 0 aromatic heterocycles. The molecule has 4 rings (SSSR count). The lowest BCUT2D eigenvalue weighted by molar-refractivity contribution is -0.141. The van der Waals surface area contributed by atoms with Crippen molar-refractivity contribution in [2.24, 2.45) is 0 Å². The summed E-state index contributed by atoms with van der Waals surface area (Å²) in [6.07, 6.45) is 1.08. The van der Waals surface area contributed by atoms with E-state index in [2.05, 4.69) is 5.32 Å². The van der Waals surface area contributed by atoms with Crippen molar-refractivity contribution in [3.63, 3.8) is 0 Å². The highest BCUT2D eigenvalue weighted by atomic mass is 35.5. The van der Waals surface area contributed by atoms with Crippen molar-refractivity contribution in [3.8, 4) is 11.5 Å². The molecule has 1 atom stereocenters. The van der Waals surface area contributed by atoms with Crippen molar-refractivity contribution in [1.82, 2.24) is 10.2 Å². The molecule has 1 N–H and O–H groups in total. The topological polar surface area (TPSA) is 67.9 Å². The Labute approximate surface area is 233 Å². The number of amides is 2. The summed E-state index contributed by atoms with van der Waals surface area (Å²) in [5.74, 6) is 1.02. The van der Waals surface area contributed by atoms with Gasteiger partial charge in [0.1, 0.15) is 6.04 Å². The number of ether oxygens (including phenoxy) is 2. The molecule has 3 aromatic carbocycles. The Balaban J connectivity index is 1.63. The van der Waals surface area contributed by atoms with E-state index in [0.29, 0.717) is 34.4 Å². The van der Waals surface area contributed by atoms with E-state index in [-0.39, 0.29) is 31.6 Å². The van der Waals surface area contributed by atoms with Crippen LogP contribution >= 0.6 is 23.2 Å². The van der Waals surface area contributed by atoms with Crippen molar-refractivity contribution in [2.75, 3.05) is 6.79 Å². The molecule has 0 unspecified atom stereocenters. The molecule has 0 saturated heterocycles. The van der Waals surface area contributed by atoms with Crippen LogP contribution in [0.1, 0.15) is 43.9 Å². The summed E-state index contributed by atoms with van der Waals surface area (Å²) in [6, 6.07) is 19.9. The number of hydrogen-bond donors (Lipinski definition) is 1. The number of fused-ring (bicyclic) bond motifs is 1. The molecule has 0 bridgehead atoms. The normalized spacial score (nSPS) is 13.2. The molecule has 0 saturated carbocycles. The van der Waals surface area contributed by atoms with Gasteiger partial charge in [-0.3, -0.25) is 9.59 Å². The lowest BCUT2D eigenvalue weighted by atomic mass is 9.99. The number of nitrogens with one attached hydrogen (secondary N) is 1. The molecule has 8 heteroatoms. The van der Waals surface area contributed by atoms with Crippen LogP contribution in [0.15, 0.2) is 66.7 Å². The van der Waals surface area contributed by atoms with Crippen LogP contribution in [0.2, 0.25) is 10.0 Å². The van der Waals surface area contributed by atoms with Crippen molar-refractivity contribution >= 4 is 35.0 Å². The molecule has 3 aromatic rings. The zero-order valence-electron chi connectivity index (χ0n) is 21.8. The summed E-state index contributed by atoms with van der Waals surface area (Å²) >= 11 is 12.4. The van der Waals surface area contributed by atoms with E-state index in [9.17, 15) is 9.59 Å². The quantitative estimate of drug-likeness (QED) is 0.341. The average Bonchev–Trinajstić information content (AvgIpc) is 3.34. The fraction of sp³-hybridized carbons (Fsp3) is 0.333. The molecule has 0 aliphatic carbocycles. The molecule has 6 nitrogen and oxygen atoms in total. The number of halogens is 2. The highest BCUT2D eigenvalue weighted by Gasteiger charge is 2.32. The third-order valence-corrected chi connectivity index (χ3v) is 6.91. The fourth-order valence-electron chi connectivity index (χ4n) is 4.33. The van der Waals surface area contributed by atoms with Gasteiger partial charge < -0.3 is 19.7 Å². The minimum absolute atomic E-state index is 0.140. The summed E-state index contributed by atoms with van der Waals surface area (Å²) in [4.78, 5) is 29.1. The predicted octanol–water partition coefficient (Wildman–Crippen LogP) is 6.21. The van der Waals surface area contributed by atoms with Gasteiger partial charge in [0, 0.05) is 24.9 Å². The van der Waals surface area contributed by atoms with Gasteiger partial charge >= 0.3 is 0 Å². The van der Waals surface area contributed by atoms with Crippen LogP contribution in [-0.2, 0) is 29.0 Å². The molecule has 1 aliphatic heterocycles. The molecule has 38 heavy (non-hydrogen) atoms. The Hall–Kier alpha value is -3.22. The minimum Gasteiger partial charge on any atom is -0.454 e. The number of carbonyl (C=O) groups is 2. The molecular formula is C30H32Cl2N2O4. The third kappa shape index (κ3) is 7.42. The van der Waals surface area contributed by atoms with Crippen molar-refractivity contribution in [3.05, 3.63) is 93.5 Å². The van der Waals surface area contributed by atoms with Gasteiger partial charge in [-0.05, 0) is 68.1 Å². The molecule has 0 radical (unpaired) electrons. The summed E-state index contributed by atoms with van der Waals surface area (Å²) in [6.45, 7) is 6.19. The molecule has 200 valence electrons. The maximum atomic E-state index is 13.8. The first kappa shape index (κ1) is 27.8. The van der Waals surface area contributed by atoms with E-state index in [0.717, 1.165) is 16.7 Å². The van der Waals surface area contributed by atoms with Crippen LogP contribution in [0, 0.1) is 0 Å². The maximum absolute atomic E-state index is 13.8. The number of aryl methyl sites for hydroxylation is 1. The second kappa shape index (κ2) is 12.1. The van der Waals surface area contributed by atoms with Crippen molar-refractivity contribution in [2.45, 2.75) is 58.2 Å². The Morgan fingerprint density at radius 2 is 1.61 bits per heavy atom. The first-order chi connectivity index (χ1) is 18.1. The second-order valence-corrected chi connectivity index (χ2v) is 11.2. The van der Waals surface area contributed by atoms with Crippen molar-refractivity contribution in [1.29, 1.82) is 0 Å². The van der Waals surface area contributed by atoms with Crippen LogP contribution < -0.4 is 14.8 Å². The third-order valence-electron chi connectivity index (χ3n) is 6.17. The van der Waals surface area contributed by atoms with E-state index < -0.39 is 11.6 Å². The molecule has 0 fully saturated rings. The summed E-state index contributed by atoms with van der Waals surface area (Å²) in [7, 11) is 0. The fourth-order valence-corrected chi connectivity index (χ4v) is 4.65. The number of benzene rings is 3. The van der Waals surface area contributed by atoms with Gasteiger partial charge in [-0.2, -0.15) is 0 Å². The average molecular weight is 556 g/mol. The van der Waals surface area contributed by atoms with Crippen LogP contribution in [0.25, 0.3) is 0 Å². The zero-order valence-corrected chi connectivity index (χ0v) is 23.3. The highest BCUT2D eigenvalue weighted by Crippen LogP contribution is 2.33. The zero-order chi connectivity index (χ0) is 27.3. The van der Waals surface area contributed by atoms with Gasteiger partial charge in [-0.15, -0.1) is 0 Å². The number of nitrogens with zero attached hydrogens (tertiary/aromatic N) is 1. The van der Waals surface area contributed by atoms with E-state index >= 15 is 0 Å². The van der Waals surface area contributed by atoms with Crippen LogP contribution in [-0.4, -0.2) is 35.1 Å². The number of hydrogen-bond acceptors (Lipinski definition) is 4. The smallest absolute Gasteiger partial charge is 0.243 e. The van der Waals surface area contributed by atoms with Gasteiger partial charge in [-0.1, -0.05) is 65.7 Å². The van der Waals surface area contributed by atoms with Gasteiger partial charge in [0.25, 0.3) is 0 Å². The van der Waals surface area contributed by atoms with Crippen LogP contribution in [0.4, 0.5) is 0 Å². The van der Waals surface area contributed by atoms with E-state index in [4.69, 9.17) is 32.7 Å². The van der Waals surface area contributed by atoms with E-state index in [1.807, 2.05) is 75.4 Å². The lowest BCUT2D eigenvalue weighted by Gasteiger charge is -2.34. The number of carbonyl (C=O) groups excluding carboxylic acids is 2. The monoisotopic (exact) mass is 554 g/mol. The summed E-state index contributed by atoms with van der Waals surface area (Å²) in [5, 5.41) is 3.90. The molecular weight excluding hydrogens is 523 g/mol. The Morgan fingerprint density at radius 3 is 2.32 bits per heavy atom. The Bertz CT molecular complexity index is 1290. The summed E-state index contributed by atoms with van der Waals surface area (Å²) in [5.41, 5.74) is 2.24. The minimum atomic E-state index is -0.727. The van der Waals surface area contributed by atoms with Gasteiger partial charge in [-0.25, -0.2) is 0 Å². The molecule has 1 aliphatic rings. The molecule has 1 heterocycles. The standard InChI is InChI=1S/C30H32Cl2N2O4/c1-30(2,3)33-29(36)25(16-20-7-5-4-6-8-20)34(18-22-9-12-23(31)24(32)15-22)28(35)14-11-21-10-13-26-27(17-21)38-19-37-26/h4-10,12-13,15,17,25H,11,14,16,18-19H2,1-3H3,(H,33,36)/t25-/m0/s1. The van der Waals surface area contributed by atoms with Gasteiger partial charge in [0.15, 0.2) is 11.5 Å². The highest BCUT2D eigenvalue weighted by molar-refractivity contribution is 6.42. The SMILES string of the molecule is CC(C)(C)NC(=O)[C@H](Cc1ccccc1)N(Cc1ccc(Cl)c(Cl)c1)C(=O)CCc1ccc2c(c1)OCO2. The maximum Gasteiger partial charge on any atom is 0.243 e. The predicted molar refractivity (Wildman–Crippen MR) is 150 cm³/mol. The number of rotatable bonds is 9. The van der Waals surface area contributed by atoms with Crippen LogP contribution in [0.5, 0.6) is 11.5 Å². The van der Waals surface area contributed by atoms with E-state index in [1.54, 1.807) is 17.0 Å². The van der Waals surface area contributed by atoms with E-state index in [1.165, 1.54) is 0 Å². The van der Waals surface area contributed by atoms with Crippen LogP contribution in [0.3, 0.4) is 0 Å². The molecule has 2 amide bonds. The lowest BCUT2D eigenvalue weighted by Crippen LogP contribution is -2.54. The first-order valence-corrected chi connectivity index (χ1v) is 13.3. The molecule has 0 spiro atoms. The van der Waals surface area contributed by atoms with Gasteiger partial charge in [0.05, 0.1) is 10.0 Å². The summed E-state index contributed by atoms with van der Waals surface area (Å²) < 4.78 is 10.9. The van der Waals surface area contributed by atoms with Gasteiger partial charge in [0.2, 0.25) is 18.6 Å². The van der Waals surface area contributed by atoms with Crippen molar-refractivity contribution < 1.29 is 19.1 Å². The second-order valence-electron chi connectivity index (χ2n) is 10.4.